The van der Waals surface area contributed by atoms with Gasteiger partial charge in [-0.2, -0.15) is 5.26 Å². The lowest BCUT2D eigenvalue weighted by molar-refractivity contribution is -0.144. The van der Waals surface area contributed by atoms with Gasteiger partial charge in [-0.3, -0.25) is 24.0 Å². The molecule has 0 heterocycles. The van der Waals surface area contributed by atoms with Crippen molar-refractivity contribution in [1.82, 2.24) is 0 Å². The zero-order chi connectivity index (χ0) is 48.0. The molecular formula is C53H60N4O10. The molecule has 0 aliphatic heterocycles. The van der Waals surface area contributed by atoms with Crippen LogP contribution in [0.5, 0.6) is 5.75 Å². The molecule has 67 heavy (non-hydrogen) atoms. The highest BCUT2D eigenvalue weighted by Gasteiger charge is 2.35. The van der Waals surface area contributed by atoms with E-state index in [2.05, 4.69) is 6.07 Å². The van der Waals surface area contributed by atoms with E-state index in [1.54, 1.807) is 80.0 Å². The quantitative estimate of drug-likeness (QED) is 0.0833. The first-order valence-corrected chi connectivity index (χ1v) is 23.3. The van der Waals surface area contributed by atoms with E-state index >= 15 is 4.79 Å². The van der Waals surface area contributed by atoms with Crippen LogP contribution in [0.2, 0.25) is 0 Å². The first-order chi connectivity index (χ1) is 32.3. The molecule has 6 rings (SSSR count). The van der Waals surface area contributed by atoms with Gasteiger partial charge in [-0.15, -0.1) is 0 Å². The lowest BCUT2D eigenvalue weighted by Crippen LogP contribution is -2.40. The maximum Gasteiger partial charge on any atom is 0.337 e. The van der Waals surface area contributed by atoms with Gasteiger partial charge in [0.05, 0.1) is 55.5 Å². The third-order valence-corrected chi connectivity index (χ3v) is 12.5. The second kappa shape index (κ2) is 23.4. The van der Waals surface area contributed by atoms with E-state index in [0.29, 0.717) is 46.7 Å². The molecule has 14 nitrogen and oxygen atoms in total. The molecule has 0 spiro atoms. The molecule has 352 valence electrons. The molecule has 0 saturated heterocycles. The number of nitrogens with zero attached hydrogens (tertiary/aromatic N) is 4. The van der Waals surface area contributed by atoms with Gasteiger partial charge >= 0.3 is 17.9 Å². The Hall–Kier alpha value is -7.01. The highest BCUT2D eigenvalue weighted by Crippen LogP contribution is 2.40. The number of nitriles is 1. The van der Waals surface area contributed by atoms with Crippen LogP contribution < -0.4 is 19.4 Å². The zero-order valence-corrected chi connectivity index (χ0v) is 38.9. The van der Waals surface area contributed by atoms with Gasteiger partial charge in [-0.1, -0.05) is 56.0 Å². The summed E-state index contributed by atoms with van der Waals surface area (Å²) in [5, 5.41) is 20.9. The average Bonchev–Trinajstić information content (AvgIpc) is 4.07. The number of benzene rings is 4. The minimum Gasteiger partial charge on any atom is -0.489 e. The van der Waals surface area contributed by atoms with Crippen LogP contribution in [0.4, 0.5) is 17.1 Å². The maximum atomic E-state index is 15.5. The highest BCUT2D eigenvalue weighted by molar-refractivity contribution is 6.12. The molecule has 2 aliphatic rings. The number of carbonyl (C=O) groups is 6. The minimum absolute atomic E-state index is 0.0380. The van der Waals surface area contributed by atoms with Crippen LogP contribution in [0.25, 0.3) is 0 Å². The number of esters is 2. The van der Waals surface area contributed by atoms with Crippen LogP contribution in [-0.2, 0) is 41.8 Å². The van der Waals surface area contributed by atoms with E-state index in [1.807, 2.05) is 30.3 Å². The van der Waals surface area contributed by atoms with E-state index in [0.717, 1.165) is 44.1 Å². The summed E-state index contributed by atoms with van der Waals surface area (Å²) in [4.78, 5) is 86.4. The molecule has 0 unspecified atom stereocenters. The largest absolute Gasteiger partial charge is 0.489 e. The summed E-state index contributed by atoms with van der Waals surface area (Å²) in [6.45, 7) is 7.21. The molecule has 14 heteroatoms. The second-order valence-electron chi connectivity index (χ2n) is 17.0. The summed E-state index contributed by atoms with van der Waals surface area (Å²) >= 11 is 0. The predicted molar refractivity (Wildman–Crippen MR) is 253 cm³/mol. The Morgan fingerprint density at radius 3 is 1.81 bits per heavy atom. The molecule has 0 aromatic heterocycles. The van der Waals surface area contributed by atoms with Crippen LogP contribution in [0.15, 0.2) is 78.9 Å². The minimum atomic E-state index is -1.31. The molecule has 1 N–H and O–H groups in total. The van der Waals surface area contributed by atoms with E-state index in [4.69, 9.17) is 14.2 Å². The van der Waals surface area contributed by atoms with Crippen molar-refractivity contribution in [2.45, 2.75) is 130 Å². The van der Waals surface area contributed by atoms with Gasteiger partial charge in [0, 0.05) is 47.4 Å². The van der Waals surface area contributed by atoms with Gasteiger partial charge in [0.1, 0.15) is 12.4 Å². The first-order valence-electron chi connectivity index (χ1n) is 23.3. The molecule has 4 aromatic rings. The normalized spacial score (nSPS) is 13.7. The molecule has 4 aromatic carbocycles. The molecule has 2 fully saturated rings. The summed E-state index contributed by atoms with van der Waals surface area (Å²) in [5.41, 5.74) is 3.59. The number of aryl methyl sites for hydroxylation is 1. The van der Waals surface area contributed by atoms with Gasteiger partial charge in [-0.25, -0.2) is 4.79 Å². The smallest absolute Gasteiger partial charge is 0.337 e. The number of rotatable bonds is 20. The summed E-state index contributed by atoms with van der Waals surface area (Å²) in [7, 11) is 0. The Kier molecular flexibility index (Phi) is 17.3. The number of carboxylic acid groups (broad SMARTS) is 1. The van der Waals surface area contributed by atoms with Crippen LogP contribution in [0.3, 0.4) is 0 Å². The first kappa shape index (κ1) is 49.4. The Morgan fingerprint density at radius 2 is 1.27 bits per heavy atom. The Bertz CT molecular complexity index is 2490. The van der Waals surface area contributed by atoms with Gasteiger partial charge < -0.3 is 34.0 Å². The van der Waals surface area contributed by atoms with Crippen LogP contribution in [0, 0.1) is 25.2 Å². The fourth-order valence-electron chi connectivity index (χ4n) is 9.28. The number of amides is 3. The zero-order valence-electron chi connectivity index (χ0n) is 38.9. The number of ether oxygens (including phenoxy) is 3. The van der Waals surface area contributed by atoms with Gasteiger partial charge in [0.25, 0.3) is 5.91 Å². The fraction of sp³-hybridized carbons (Fsp3) is 0.415. The van der Waals surface area contributed by atoms with Crippen molar-refractivity contribution in [2.24, 2.45) is 0 Å². The van der Waals surface area contributed by atoms with Crippen molar-refractivity contribution in [3.63, 3.8) is 0 Å². The molecule has 2 saturated carbocycles. The molecule has 3 amide bonds. The fourth-order valence-corrected chi connectivity index (χ4v) is 9.28. The van der Waals surface area contributed by atoms with E-state index in [-0.39, 0.29) is 98.3 Å². The van der Waals surface area contributed by atoms with Gasteiger partial charge in [0.2, 0.25) is 11.8 Å². The van der Waals surface area contributed by atoms with E-state index in [1.165, 1.54) is 11.0 Å². The Morgan fingerprint density at radius 1 is 0.701 bits per heavy atom. The topological polar surface area (TPSA) is 184 Å². The summed E-state index contributed by atoms with van der Waals surface area (Å²) in [5.74, 6) is -3.05. The molecule has 0 bridgehead atoms. The lowest BCUT2D eigenvalue weighted by Gasteiger charge is -2.34. The molecule has 0 atom stereocenters. The Labute approximate surface area is 392 Å². The lowest BCUT2D eigenvalue weighted by atomic mass is 9.99. The molecule has 2 aliphatic carbocycles. The predicted octanol–water partition coefficient (Wildman–Crippen LogP) is 9.54. The average molecular weight is 913 g/mol. The number of hydrogen-bond donors (Lipinski definition) is 1. The third-order valence-electron chi connectivity index (χ3n) is 12.5. The SMILES string of the molecule is CCOC(=O)CCC(=O)N(c1ccc(C(=O)N(Cc2cc(C#N)ccc2OCc2ccccc2)c2c(C(=O)O)ccc(N(C(=O)CCC(=O)OCC)C3CCCC3)c2C)cc1C)C1CCCC1. The summed E-state index contributed by atoms with van der Waals surface area (Å²) in [6, 6.07) is 24.2. The van der Waals surface area contributed by atoms with Crippen molar-refractivity contribution >= 4 is 52.7 Å². The highest BCUT2D eigenvalue weighted by atomic mass is 16.5. The van der Waals surface area contributed by atoms with Crippen molar-refractivity contribution < 1.29 is 48.1 Å². The number of hydrogen-bond acceptors (Lipinski definition) is 10. The maximum absolute atomic E-state index is 15.5. The van der Waals surface area contributed by atoms with Crippen LogP contribution in [0.1, 0.15) is 139 Å². The number of carboxylic acids is 1. The molecule has 0 radical (unpaired) electrons. The van der Waals surface area contributed by atoms with Crippen molar-refractivity contribution in [3.05, 3.63) is 118 Å². The van der Waals surface area contributed by atoms with Crippen molar-refractivity contribution in [2.75, 3.05) is 27.9 Å². The van der Waals surface area contributed by atoms with E-state index < -0.39 is 23.8 Å². The summed E-state index contributed by atoms with van der Waals surface area (Å²) in [6.07, 6.45) is 6.22. The van der Waals surface area contributed by atoms with Crippen molar-refractivity contribution in [1.29, 1.82) is 5.26 Å². The van der Waals surface area contributed by atoms with Crippen LogP contribution in [-0.4, -0.2) is 66.0 Å². The number of carbonyl (C=O) groups excluding carboxylic acids is 5. The molecular weight excluding hydrogens is 853 g/mol. The number of anilines is 3. The third kappa shape index (κ3) is 12.3. The van der Waals surface area contributed by atoms with Gasteiger partial charge in [-0.05, 0) is 119 Å². The Balaban J connectivity index is 1.48. The summed E-state index contributed by atoms with van der Waals surface area (Å²) < 4.78 is 16.6. The van der Waals surface area contributed by atoms with Crippen LogP contribution >= 0.6 is 0 Å². The second-order valence-corrected chi connectivity index (χ2v) is 17.0. The van der Waals surface area contributed by atoms with E-state index in [9.17, 15) is 34.3 Å². The monoisotopic (exact) mass is 912 g/mol. The van der Waals surface area contributed by atoms with Gasteiger partial charge in [0.15, 0.2) is 0 Å². The van der Waals surface area contributed by atoms with Crippen molar-refractivity contribution in [3.8, 4) is 11.8 Å². The standard InChI is InChI=1S/C53H60N4O10/c1-5-65-49(60)28-26-47(58)56(41-16-10-11-17-41)44-23-21-39(30-35(44)3)52(62)55(33-40-31-38(32-54)20-25-46(40)67-34-37-14-8-7-9-15-37)51-36(4)45(24-22-43(51)53(63)64)57(42-18-12-13-19-42)48(59)27-29-50(61)66-6-2/h7-9,14-15,20-25,30-31,41-42H,5-6,10-13,16-19,26-29,33-34H2,1-4H3,(H,63,64). The number of aromatic carboxylic acids is 1.